The fourth-order valence-corrected chi connectivity index (χ4v) is 12.5. The van der Waals surface area contributed by atoms with Crippen LogP contribution in [0.25, 0.3) is 22.3 Å². The number of aromatic nitrogens is 1. The molecule has 0 aliphatic heterocycles. The molecule has 3 aliphatic rings. The maximum atomic E-state index is 12.0. The van der Waals surface area contributed by atoms with Gasteiger partial charge >= 0.3 is 47.8 Å². The molecule has 2 atom stereocenters. The average molecular weight is 1750 g/mol. The van der Waals surface area contributed by atoms with Crippen LogP contribution in [0.1, 0.15) is 295 Å². The van der Waals surface area contributed by atoms with Crippen molar-refractivity contribution in [1.82, 2.24) is 4.98 Å². The first-order valence-corrected chi connectivity index (χ1v) is 45.3. The van der Waals surface area contributed by atoms with E-state index in [1.807, 2.05) is 254 Å². The molecular weight excluding hydrogens is 1600 g/mol. The third-order valence-electron chi connectivity index (χ3n) is 20.5. The number of carbonyl (C=O) groups excluding carboxylic acids is 8. The molecule has 1 saturated carbocycles. The molecule has 0 saturated heterocycles. The van der Waals surface area contributed by atoms with E-state index in [2.05, 4.69) is 116 Å². The van der Waals surface area contributed by atoms with E-state index in [1.165, 1.54) is 74.9 Å². The van der Waals surface area contributed by atoms with Crippen LogP contribution in [0.2, 0.25) is 0 Å². The molecular formula is C109H157NO17. The number of hydrogen-bond donors (Lipinski definition) is 0. The summed E-state index contributed by atoms with van der Waals surface area (Å²) in [6.07, 6.45) is 13.0. The lowest BCUT2D eigenvalue weighted by Gasteiger charge is -2.25. The number of fused-ring (bicyclic) bond motifs is 6. The smallest absolute Gasteiger partial charge is 0.311 e. The Morgan fingerprint density at radius 1 is 0.362 bits per heavy atom. The van der Waals surface area contributed by atoms with E-state index in [0.29, 0.717) is 58.1 Å². The Balaban J connectivity index is 0.000000378. The standard InChI is InChI=1S/C20H22O2.C19H20O2.C14H20O2.C12H17NO2.C12H24O3.C12H16O2.C11H20O2.C9H18O2/c1-20(2,3)19(21)22-13-12-18-16-10-6-4-8-14(16)15-9-5-7-11-17(15)18;1-19(2,3)18(20)21-12-17-15-10-6-4-8-13(15)14-9-5-7-11-16(14)17;1-11-7-5-6-8-12(11)9-10-16-13(15)14(2,3)4;1-12(2,3)11(14)15-9-6-10-4-7-13-8-5-10;1-7-10(14-6)9(2)8-15-11(13)12(3,4)5;1-12(2,3)11(13)14-9-10-7-5-4-6-8-10;1-11(2,3)10(12)13-9-7-5-4-6-8-9;1-7(2)6-11-8(10)9(3,4)5/h4-11,18H,12-13H2,1-3H3;4-11,17H,12H2,1-3H3;5-8H,9-10H2,1-4H3;4-5,7-8H,6,9H2,1-3H3;9-10H,7-8H2,1-6H3;4-8H,9H2,1-3H3;9H,4-8H2,1-3H3;7H,6H2,1-5H3. The first-order chi connectivity index (χ1) is 59.0. The highest BCUT2D eigenvalue weighted by molar-refractivity contribution is 5.82. The summed E-state index contributed by atoms with van der Waals surface area (Å²) >= 11 is 0. The van der Waals surface area contributed by atoms with Crippen LogP contribution in [0, 0.1) is 62.1 Å². The zero-order valence-corrected chi connectivity index (χ0v) is 82.9. The number of ether oxygens (including phenoxy) is 9. The van der Waals surface area contributed by atoms with E-state index < -0.39 is 32.5 Å². The molecule has 7 aromatic rings. The van der Waals surface area contributed by atoms with Crippen LogP contribution in [0.5, 0.6) is 0 Å². The molecule has 18 nitrogen and oxygen atoms in total. The number of nitrogens with zero attached hydrogens (tertiary/aromatic N) is 1. The first kappa shape index (κ1) is 111. The Morgan fingerprint density at radius 3 is 1.10 bits per heavy atom. The molecule has 0 N–H and O–H groups in total. The fourth-order valence-electron chi connectivity index (χ4n) is 12.5. The van der Waals surface area contributed by atoms with Crippen LogP contribution >= 0.6 is 0 Å². The van der Waals surface area contributed by atoms with Crippen molar-refractivity contribution in [2.75, 3.05) is 46.8 Å². The zero-order valence-electron chi connectivity index (χ0n) is 82.9. The minimum absolute atomic E-state index is 0.0561. The van der Waals surface area contributed by atoms with E-state index in [-0.39, 0.29) is 82.6 Å². The normalized spacial score (nSPS) is 13.5. The first-order valence-electron chi connectivity index (χ1n) is 45.3. The molecule has 1 fully saturated rings. The molecule has 2 unspecified atom stereocenters. The summed E-state index contributed by atoms with van der Waals surface area (Å²) in [4.78, 5) is 96.4. The SMILES string of the molecule is CC(C)(C)C(=O)OC1CCCCC1.CC(C)(C)C(=O)OCC1c2ccccc2-c2ccccc21.CC(C)(C)C(=O)OCCC1c2ccccc2-c2ccccc21.CC(C)(C)C(=O)OCCc1ccncc1.CC(C)(C)C(=O)OCc1ccccc1.CC(C)COC(=O)C(C)(C)C.CCC(OC)C(C)COC(=O)C(C)(C)C.Cc1ccccc1CCOC(=O)C(C)(C)C. The second-order valence-corrected chi connectivity index (χ2v) is 41.5. The fraction of sp³-hybridized carbons (Fsp3) is 0.550. The number of rotatable bonds is 21. The van der Waals surface area contributed by atoms with Crippen molar-refractivity contribution in [1.29, 1.82) is 0 Å². The van der Waals surface area contributed by atoms with Crippen LogP contribution < -0.4 is 0 Å². The van der Waals surface area contributed by atoms with E-state index in [9.17, 15) is 38.4 Å². The highest BCUT2D eigenvalue weighted by atomic mass is 16.6. The molecule has 3 aliphatic carbocycles. The van der Waals surface area contributed by atoms with Crippen molar-refractivity contribution < 1.29 is 81.0 Å². The van der Waals surface area contributed by atoms with Gasteiger partial charge in [-0.3, -0.25) is 43.3 Å². The molecule has 0 spiro atoms. The average Bonchev–Trinajstić information content (AvgIpc) is 1.62. The van der Waals surface area contributed by atoms with E-state index in [1.54, 1.807) is 19.5 Å². The number of pyridine rings is 1. The minimum atomic E-state index is -0.461. The number of esters is 8. The Labute approximate surface area is 763 Å². The number of aryl methyl sites for hydroxylation is 1. The van der Waals surface area contributed by atoms with E-state index in [4.69, 9.17) is 42.6 Å². The van der Waals surface area contributed by atoms with Crippen LogP contribution in [0.4, 0.5) is 0 Å². The molecule has 1 aromatic heterocycles. The van der Waals surface area contributed by atoms with Gasteiger partial charge in [0.15, 0.2) is 0 Å². The van der Waals surface area contributed by atoms with Crippen molar-refractivity contribution >= 4 is 47.8 Å². The predicted molar refractivity (Wildman–Crippen MR) is 511 cm³/mol. The number of benzene rings is 6. The van der Waals surface area contributed by atoms with Gasteiger partial charge in [0.25, 0.3) is 0 Å². The van der Waals surface area contributed by atoms with Gasteiger partial charge in [0, 0.05) is 50.1 Å². The van der Waals surface area contributed by atoms with Gasteiger partial charge in [-0.2, -0.15) is 0 Å². The summed E-state index contributed by atoms with van der Waals surface area (Å²) in [6.45, 7) is 58.1. The predicted octanol–water partition coefficient (Wildman–Crippen LogP) is 25.1. The number of methoxy groups -OCH3 is 1. The molecule has 18 heteroatoms. The summed E-state index contributed by atoms with van der Waals surface area (Å²) in [6, 6.07) is 55.5. The highest BCUT2D eigenvalue weighted by Crippen LogP contribution is 2.47. The summed E-state index contributed by atoms with van der Waals surface area (Å²) < 4.78 is 47.5. The molecule has 6 aromatic carbocycles. The third-order valence-corrected chi connectivity index (χ3v) is 20.5. The van der Waals surface area contributed by atoms with E-state index in [0.717, 1.165) is 49.7 Å². The second kappa shape index (κ2) is 52.6. The van der Waals surface area contributed by atoms with Crippen molar-refractivity contribution in [3.05, 3.63) is 221 Å². The summed E-state index contributed by atoms with van der Waals surface area (Å²) in [5.74, 6) is 0.0535. The lowest BCUT2D eigenvalue weighted by Crippen LogP contribution is -2.29. The van der Waals surface area contributed by atoms with Gasteiger partial charge in [-0.05, 0) is 296 Å². The lowest BCUT2D eigenvalue weighted by atomic mass is 9.94. The van der Waals surface area contributed by atoms with Gasteiger partial charge in [0.05, 0.1) is 82.5 Å². The van der Waals surface area contributed by atoms with Crippen molar-refractivity contribution in [3.8, 4) is 22.3 Å². The number of hydrogen-bond acceptors (Lipinski definition) is 18. The summed E-state index contributed by atoms with van der Waals surface area (Å²) in [5, 5.41) is 0. The van der Waals surface area contributed by atoms with Gasteiger partial charge in [0.1, 0.15) is 19.3 Å². The Bertz CT molecular complexity index is 4380. The topological polar surface area (TPSA) is 233 Å². The third kappa shape index (κ3) is 41.4. The van der Waals surface area contributed by atoms with Gasteiger partial charge in [-0.1, -0.05) is 186 Å². The largest absolute Gasteiger partial charge is 0.465 e. The maximum Gasteiger partial charge on any atom is 0.311 e. The van der Waals surface area contributed by atoms with E-state index >= 15 is 0 Å². The quantitative estimate of drug-likeness (QED) is 0.0480. The molecule has 0 bridgehead atoms. The second-order valence-electron chi connectivity index (χ2n) is 41.5. The Kier molecular flexibility index (Phi) is 46.1. The highest BCUT2D eigenvalue weighted by Gasteiger charge is 2.35. The van der Waals surface area contributed by atoms with Gasteiger partial charge < -0.3 is 42.6 Å². The lowest BCUT2D eigenvalue weighted by molar-refractivity contribution is -0.160. The zero-order chi connectivity index (χ0) is 95.9. The van der Waals surface area contributed by atoms with Crippen molar-refractivity contribution in [2.45, 2.75) is 289 Å². The molecule has 127 heavy (non-hydrogen) atoms. The Hall–Kier alpha value is -9.81. The molecule has 10 rings (SSSR count). The molecule has 0 amide bonds. The minimum Gasteiger partial charge on any atom is -0.465 e. The molecule has 1 heterocycles. The molecule has 0 radical (unpaired) electrons. The maximum absolute atomic E-state index is 12.0. The summed E-state index contributed by atoms with van der Waals surface area (Å²) in [5.41, 5.74) is 11.7. The number of carbonyl (C=O) groups is 8. The van der Waals surface area contributed by atoms with Gasteiger partial charge in [-0.25, -0.2) is 0 Å². The van der Waals surface area contributed by atoms with Gasteiger partial charge in [0.2, 0.25) is 0 Å². The Morgan fingerprint density at radius 2 is 0.709 bits per heavy atom. The monoisotopic (exact) mass is 1750 g/mol. The van der Waals surface area contributed by atoms with Crippen LogP contribution in [0.3, 0.4) is 0 Å². The summed E-state index contributed by atoms with van der Waals surface area (Å²) in [7, 11) is 1.69. The van der Waals surface area contributed by atoms with Crippen LogP contribution in [-0.2, 0) is 100 Å². The van der Waals surface area contributed by atoms with Crippen molar-refractivity contribution in [2.24, 2.45) is 55.2 Å². The van der Waals surface area contributed by atoms with Crippen molar-refractivity contribution in [3.63, 3.8) is 0 Å². The van der Waals surface area contributed by atoms with Gasteiger partial charge in [-0.15, -0.1) is 0 Å². The molecule has 700 valence electrons. The van der Waals surface area contributed by atoms with Crippen LogP contribution in [0.15, 0.2) is 176 Å². The van der Waals surface area contributed by atoms with Crippen LogP contribution in [-0.4, -0.2) is 112 Å².